The van der Waals surface area contributed by atoms with Crippen LogP contribution in [0.3, 0.4) is 0 Å². The third-order valence-corrected chi connectivity index (χ3v) is 11.6. The van der Waals surface area contributed by atoms with Gasteiger partial charge in [0.1, 0.15) is 16.3 Å². The zero-order valence-electron chi connectivity index (χ0n) is 24.4. The van der Waals surface area contributed by atoms with E-state index in [2.05, 4.69) is 41.7 Å². The number of H-pyrrole nitrogens is 1. The van der Waals surface area contributed by atoms with E-state index in [4.69, 9.17) is 0 Å². The van der Waals surface area contributed by atoms with Gasteiger partial charge in [0.2, 0.25) is 16.9 Å². The van der Waals surface area contributed by atoms with E-state index in [1.807, 2.05) is 0 Å². The molecule has 3 saturated heterocycles. The summed E-state index contributed by atoms with van der Waals surface area (Å²) in [5.74, 6) is -4.73. The summed E-state index contributed by atoms with van der Waals surface area (Å²) in [6.45, 7) is -1.35. The summed E-state index contributed by atoms with van der Waals surface area (Å²) in [6, 6.07) is 3.42. The number of hydrogen-bond acceptors (Lipinski definition) is 12. The van der Waals surface area contributed by atoms with Crippen LogP contribution in [0.4, 0.5) is 33.6 Å². The Kier molecular flexibility index (Phi) is 8.62. The first-order valence-electron chi connectivity index (χ1n) is 14.9. The smallest absolute Gasteiger partial charge is 0.282 e. The number of aromatic nitrogens is 4. The highest BCUT2D eigenvalue weighted by Gasteiger charge is 2.45. The number of anilines is 3. The summed E-state index contributed by atoms with van der Waals surface area (Å²) in [6.07, 6.45) is 4.02. The first-order chi connectivity index (χ1) is 22.0. The van der Waals surface area contributed by atoms with Crippen molar-refractivity contribution in [2.45, 2.75) is 67.2 Å². The van der Waals surface area contributed by atoms with E-state index in [0.29, 0.717) is 33.4 Å². The van der Waals surface area contributed by atoms with Gasteiger partial charge in [0.15, 0.2) is 5.13 Å². The molecule has 12 nitrogen and oxygen atoms in total. The quantitative estimate of drug-likeness (QED) is 0.200. The van der Waals surface area contributed by atoms with E-state index in [1.54, 1.807) is 29.3 Å². The topological polar surface area (TPSA) is 143 Å². The van der Waals surface area contributed by atoms with Crippen LogP contribution >= 0.6 is 34.4 Å². The van der Waals surface area contributed by atoms with Crippen molar-refractivity contribution in [3.63, 3.8) is 0 Å². The fourth-order valence-corrected chi connectivity index (χ4v) is 9.08. The summed E-state index contributed by atoms with van der Waals surface area (Å²) in [5, 5.41) is 17.9. The van der Waals surface area contributed by atoms with Crippen LogP contribution in [0.5, 0.6) is 0 Å². The normalized spacial score (nSPS) is 26.8. The second-order valence-electron chi connectivity index (χ2n) is 12.2. The zero-order chi connectivity index (χ0) is 32.1. The molecule has 3 aromatic rings. The third-order valence-electron chi connectivity index (χ3n) is 8.37. The minimum Gasteiger partial charge on any atom is -0.346 e. The lowest BCUT2D eigenvalue weighted by Gasteiger charge is -2.39. The fourth-order valence-electron chi connectivity index (χ4n) is 6.11. The second kappa shape index (κ2) is 12.6. The maximum Gasteiger partial charge on any atom is 0.282 e. The molecule has 3 aliphatic heterocycles. The van der Waals surface area contributed by atoms with Gasteiger partial charge in [-0.15, -0.1) is 21.5 Å². The molecule has 7 rings (SSSR count). The van der Waals surface area contributed by atoms with Crippen molar-refractivity contribution >= 4 is 62.3 Å². The monoisotopic (exact) mass is 700 g/mol. The highest BCUT2D eigenvalue weighted by molar-refractivity contribution is 8.00. The summed E-state index contributed by atoms with van der Waals surface area (Å²) in [7, 11) is 0. The predicted octanol–water partition coefficient (Wildman–Crippen LogP) is 3.50. The number of nitrogens with one attached hydrogen (secondary N) is 5. The number of thiazole rings is 1. The van der Waals surface area contributed by atoms with Gasteiger partial charge in [0.05, 0.1) is 50.1 Å². The van der Waals surface area contributed by atoms with E-state index < -0.39 is 11.8 Å². The molecule has 0 bridgehead atoms. The van der Waals surface area contributed by atoms with Gasteiger partial charge in [-0.05, 0) is 37.3 Å². The molecule has 4 unspecified atom stereocenters. The van der Waals surface area contributed by atoms with Crippen molar-refractivity contribution in [1.29, 1.82) is 0 Å². The molecular weight excluding hydrogens is 669 g/mol. The van der Waals surface area contributed by atoms with Gasteiger partial charge in [-0.2, -0.15) is 0 Å². The molecule has 0 spiro atoms. The van der Waals surface area contributed by atoms with Gasteiger partial charge in [-0.25, -0.2) is 33.4 Å². The van der Waals surface area contributed by atoms with E-state index in [-0.39, 0.29) is 67.6 Å². The minimum atomic E-state index is -2.67. The number of alkyl halides is 4. The van der Waals surface area contributed by atoms with E-state index in [9.17, 15) is 27.2 Å². The van der Waals surface area contributed by atoms with Crippen molar-refractivity contribution in [2.75, 3.05) is 41.3 Å². The molecule has 5 N–H and O–H groups in total. The lowest BCUT2D eigenvalue weighted by molar-refractivity contribution is -0.120. The summed E-state index contributed by atoms with van der Waals surface area (Å²) in [5.41, 5.74) is 7.32. The van der Waals surface area contributed by atoms with Crippen molar-refractivity contribution in [2.24, 2.45) is 5.92 Å². The Hall–Kier alpha value is -3.00. The molecule has 4 fully saturated rings. The standard InChI is InChI=1S/C27H32F4N10O2S3/c28-26(29)10-40(11-26)18-5-4-16(32-18)7-19(42)34-23-38-36-21(45-23)14-2-1-3-15(6-14)22-37-39-24(46-22)35-20(43)8-17-9-44-25(33-17)41-12-27(30,31)13-41/h4-5,9,14-15,22,24,32,37,39H,1-3,6-8,10-13H2,(H,35,43)(H,34,38,42). The molecule has 0 radical (unpaired) electrons. The molecule has 19 heteroatoms. The highest BCUT2D eigenvalue weighted by atomic mass is 32.2. The first kappa shape index (κ1) is 31.6. The Balaban J connectivity index is 0.851. The minimum absolute atomic E-state index is 0.0604. The van der Waals surface area contributed by atoms with Crippen molar-refractivity contribution in [1.82, 2.24) is 36.3 Å². The molecule has 3 aromatic heterocycles. The summed E-state index contributed by atoms with van der Waals surface area (Å²) >= 11 is 4.23. The van der Waals surface area contributed by atoms with Crippen LogP contribution in [0.15, 0.2) is 17.5 Å². The number of thioether (sulfide) groups is 1. The second-order valence-corrected chi connectivity index (χ2v) is 15.3. The Morgan fingerprint density at radius 2 is 1.76 bits per heavy atom. The molecule has 46 heavy (non-hydrogen) atoms. The number of aromatic amines is 1. The van der Waals surface area contributed by atoms with Gasteiger partial charge in [-0.3, -0.25) is 9.59 Å². The maximum absolute atomic E-state index is 13.2. The number of hydrogen-bond donors (Lipinski definition) is 5. The number of rotatable bonds is 10. The number of halogens is 4. The van der Waals surface area contributed by atoms with Crippen molar-refractivity contribution in [3.05, 3.63) is 33.9 Å². The van der Waals surface area contributed by atoms with Crippen LogP contribution in [0.25, 0.3) is 0 Å². The third kappa shape index (κ3) is 7.27. The van der Waals surface area contributed by atoms with E-state index in [0.717, 1.165) is 30.7 Å². The largest absolute Gasteiger partial charge is 0.346 e. The number of carbonyl (C=O) groups excluding carboxylic acids is 2. The van der Waals surface area contributed by atoms with Crippen molar-refractivity contribution in [3.8, 4) is 0 Å². The van der Waals surface area contributed by atoms with Gasteiger partial charge < -0.3 is 25.4 Å². The van der Waals surface area contributed by atoms with Gasteiger partial charge in [0.25, 0.3) is 11.8 Å². The van der Waals surface area contributed by atoms with E-state index in [1.165, 1.54) is 32.5 Å². The molecule has 6 heterocycles. The van der Waals surface area contributed by atoms with E-state index >= 15 is 0 Å². The summed E-state index contributed by atoms with van der Waals surface area (Å²) in [4.78, 5) is 35.7. The van der Waals surface area contributed by atoms with Crippen LogP contribution in [0.1, 0.15) is 48.0 Å². The number of carbonyl (C=O) groups is 2. The number of amides is 2. The molecule has 248 valence electrons. The Bertz CT molecular complexity index is 1570. The Morgan fingerprint density at radius 1 is 0.978 bits per heavy atom. The van der Waals surface area contributed by atoms with Gasteiger partial charge in [-0.1, -0.05) is 29.5 Å². The van der Waals surface area contributed by atoms with Crippen LogP contribution in [0, 0.1) is 5.92 Å². The molecule has 0 aromatic carbocycles. The van der Waals surface area contributed by atoms with Crippen molar-refractivity contribution < 1.29 is 27.2 Å². The maximum atomic E-state index is 13.2. The molecule has 2 amide bonds. The highest BCUT2D eigenvalue weighted by Crippen LogP contribution is 2.42. The predicted molar refractivity (Wildman–Crippen MR) is 167 cm³/mol. The van der Waals surface area contributed by atoms with Crippen LogP contribution in [0.2, 0.25) is 0 Å². The van der Waals surface area contributed by atoms with Crippen LogP contribution in [-0.2, 0) is 22.4 Å². The lowest BCUT2D eigenvalue weighted by atomic mass is 9.81. The molecule has 4 aliphatic rings. The first-order valence-corrected chi connectivity index (χ1v) is 17.6. The Labute approximate surface area is 273 Å². The Morgan fingerprint density at radius 3 is 2.54 bits per heavy atom. The average Bonchev–Trinajstić information content (AvgIpc) is 3.79. The SMILES string of the molecule is O=C(Cc1ccc(N2CC(F)(F)C2)[nH]1)Nc1nnc(C2CCCC(C3NNC(NC(=O)Cc4csc(N5CC(F)(F)C5)n4)S3)C2)s1. The molecular formula is C27H32F4N10O2S3. The average molecular weight is 701 g/mol. The number of hydrazine groups is 1. The molecule has 4 atom stereocenters. The number of nitrogens with zero attached hydrogens (tertiary/aromatic N) is 5. The fraction of sp³-hybridized carbons (Fsp3) is 0.593. The molecule has 1 aliphatic carbocycles. The summed E-state index contributed by atoms with van der Waals surface area (Å²) < 4.78 is 52.6. The van der Waals surface area contributed by atoms with Crippen LogP contribution in [-0.4, -0.2) is 80.9 Å². The molecule has 1 saturated carbocycles. The lowest BCUT2D eigenvalue weighted by Crippen LogP contribution is -2.56. The van der Waals surface area contributed by atoms with Gasteiger partial charge >= 0.3 is 0 Å². The van der Waals surface area contributed by atoms with Gasteiger partial charge in [0, 0.05) is 17.0 Å². The zero-order valence-corrected chi connectivity index (χ0v) is 26.9. The van der Waals surface area contributed by atoms with Crippen LogP contribution < -0.4 is 31.3 Å².